The van der Waals surface area contributed by atoms with Crippen LogP contribution >= 0.6 is 11.3 Å². The number of amides is 1. The lowest BCUT2D eigenvalue weighted by atomic mass is 10.1. The highest BCUT2D eigenvalue weighted by molar-refractivity contribution is 7.09. The van der Waals surface area contributed by atoms with Crippen LogP contribution in [-0.2, 0) is 11.2 Å². The van der Waals surface area contributed by atoms with Gasteiger partial charge in [-0.2, -0.15) is 0 Å². The summed E-state index contributed by atoms with van der Waals surface area (Å²) in [5, 5.41) is 13.7. The summed E-state index contributed by atoms with van der Waals surface area (Å²) in [6.45, 7) is 0.534. The molecule has 0 radical (unpaired) electrons. The lowest BCUT2D eigenvalue weighted by Gasteiger charge is -2.03. The van der Waals surface area contributed by atoms with E-state index in [0.717, 1.165) is 19.3 Å². The molecule has 134 valence electrons. The Morgan fingerprint density at radius 1 is 1.16 bits per heavy atom. The Kier molecular flexibility index (Phi) is 7.53. The molecule has 0 aliphatic carbocycles. The van der Waals surface area contributed by atoms with E-state index in [4.69, 9.17) is 5.11 Å². The molecule has 1 heterocycles. The Hall–Kier alpha value is -2.28. The number of hydrogen-bond donors (Lipinski definition) is 2. The van der Waals surface area contributed by atoms with Crippen molar-refractivity contribution in [1.29, 1.82) is 0 Å². The van der Waals surface area contributed by atoms with Crippen molar-refractivity contribution in [3.63, 3.8) is 0 Å². The van der Waals surface area contributed by atoms with E-state index in [1.54, 1.807) is 23.6 Å². The maximum Gasteiger partial charge on any atom is 0.303 e. The molecule has 25 heavy (non-hydrogen) atoms. The van der Waals surface area contributed by atoms with E-state index in [0.29, 0.717) is 35.7 Å². The predicted octanol–water partition coefficient (Wildman–Crippen LogP) is 3.64. The van der Waals surface area contributed by atoms with Crippen LogP contribution in [0.15, 0.2) is 29.6 Å². The summed E-state index contributed by atoms with van der Waals surface area (Å²) in [5.41, 5.74) is 0.910. The summed E-state index contributed by atoms with van der Waals surface area (Å²) in [5.74, 6) is -1.28. The molecule has 1 aromatic heterocycles. The van der Waals surface area contributed by atoms with Crippen molar-refractivity contribution in [2.75, 3.05) is 6.54 Å². The number of aromatic nitrogens is 1. The average Bonchev–Trinajstić information content (AvgIpc) is 3.04. The highest BCUT2D eigenvalue weighted by Gasteiger charge is 2.11. The minimum Gasteiger partial charge on any atom is -0.481 e. The summed E-state index contributed by atoms with van der Waals surface area (Å²) >= 11 is 1.34. The van der Waals surface area contributed by atoms with Crippen molar-refractivity contribution in [2.45, 2.75) is 38.5 Å². The maximum absolute atomic E-state index is 13.6. The lowest BCUT2D eigenvalue weighted by Crippen LogP contribution is -2.24. The van der Waals surface area contributed by atoms with E-state index in [1.807, 2.05) is 0 Å². The Labute approximate surface area is 149 Å². The first-order chi connectivity index (χ1) is 12.1. The second kappa shape index (κ2) is 9.88. The Morgan fingerprint density at radius 2 is 1.92 bits per heavy atom. The molecule has 0 atom stereocenters. The zero-order valence-electron chi connectivity index (χ0n) is 13.8. The van der Waals surface area contributed by atoms with Crippen LogP contribution in [0.4, 0.5) is 4.39 Å². The van der Waals surface area contributed by atoms with Crippen molar-refractivity contribution in [3.8, 4) is 0 Å². The number of halogens is 1. The smallest absolute Gasteiger partial charge is 0.303 e. The number of carboxylic acids is 1. The molecule has 0 saturated heterocycles. The van der Waals surface area contributed by atoms with Crippen LogP contribution in [0.25, 0.3) is 0 Å². The van der Waals surface area contributed by atoms with E-state index < -0.39 is 5.97 Å². The molecule has 0 aliphatic rings. The molecular formula is C18H21FN2O3S. The topological polar surface area (TPSA) is 79.3 Å². The van der Waals surface area contributed by atoms with Gasteiger partial charge in [0.05, 0.1) is 5.01 Å². The largest absolute Gasteiger partial charge is 0.481 e. The van der Waals surface area contributed by atoms with Gasteiger partial charge in [-0.1, -0.05) is 31.0 Å². The molecule has 0 saturated carbocycles. The fourth-order valence-electron chi connectivity index (χ4n) is 2.35. The van der Waals surface area contributed by atoms with Crippen molar-refractivity contribution in [2.24, 2.45) is 0 Å². The fourth-order valence-corrected chi connectivity index (χ4v) is 3.15. The first-order valence-corrected chi connectivity index (χ1v) is 9.12. The van der Waals surface area contributed by atoms with Crippen LogP contribution in [-0.4, -0.2) is 28.5 Å². The molecular weight excluding hydrogens is 343 g/mol. The first-order valence-electron chi connectivity index (χ1n) is 8.24. The van der Waals surface area contributed by atoms with Crippen molar-refractivity contribution in [1.82, 2.24) is 10.3 Å². The van der Waals surface area contributed by atoms with Crippen LogP contribution in [0.2, 0.25) is 0 Å². The number of thiazole rings is 1. The summed E-state index contributed by atoms with van der Waals surface area (Å²) < 4.78 is 13.6. The predicted molar refractivity (Wildman–Crippen MR) is 94.4 cm³/mol. The maximum atomic E-state index is 13.6. The zero-order chi connectivity index (χ0) is 18.1. The van der Waals surface area contributed by atoms with E-state index in [-0.39, 0.29) is 18.1 Å². The third-order valence-corrected chi connectivity index (χ3v) is 4.54. The number of carboxylic acid groups (broad SMARTS) is 1. The minimum absolute atomic E-state index is 0.190. The van der Waals surface area contributed by atoms with E-state index in [1.165, 1.54) is 17.4 Å². The van der Waals surface area contributed by atoms with Crippen molar-refractivity contribution in [3.05, 3.63) is 51.7 Å². The van der Waals surface area contributed by atoms with Gasteiger partial charge >= 0.3 is 5.97 Å². The second-order valence-electron chi connectivity index (χ2n) is 5.71. The molecule has 0 spiro atoms. The summed E-state index contributed by atoms with van der Waals surface area (Å²) in [6.07, 6.45) is 3.74. The van der Waals surface area contributed by atoms with Crippen molar-refractivity contribution >= 4 is 23.2 Å². The Morgan fingerprint density at radius 3 is 2.68 bits per heavy atom. The van der Waals surface area contributed by atoms with Gasteiger partial charge in [-0.05, 0) is 24.5 Å². The quantitative estimate of drug-likeness (QED) is 0.631. The summed E-state index contributed by atoms with van der Waals surface area (Å²) in [7, 11) is 0. The van der Waals surface area contributed by atoms with Gasteiger partial charge in [0.25, 0.3) is 5.91 Å². The zero-order valence-corrected chi connectivity index (χ0v) is 14.7. The number of nitrogens with one attached hydrogen (secondary N) is 1. The van der Waals surface area contributed by atoms with Gasteiger partial charge in [-0.15, -0.1) is 11.3 Å². The minimum atomic E-state index is -0.775. The van der Waals surface area contributed by atoms with E-state index >= 15 is 0 Å². The third kappa shape index (κ3) is 6.62. The fraction of sp³-hybridized carbons (Fsp3) is 0.389. The SMILES string of the molecule is O=C(O)CCCCCCNC(=O)c1csc(Cc2ccccc2F)n1. The molecule has 5 nitrogen and oxygen atoms in total. The van der Waals surface area contributed by atoms with Gasteiger partial charge in [0.1, 0.15) is 11.5 Å². The monoisotopic (exact) mass is 364 g/mol. The number of aliphatic carboxylic acids is 1. The summed E-state index contributed by atoms with van der Waals surface area (Å²) in [6, 6.07) is 6.53. The molecule has 7 heteroatoms. The highest BCUT2D eigenvalue weighted by atomic mass is 32.1. The molecule has 2 N–H and O–H groups in total. The Bertz CT molecular complexity index is 718. The van der Waals surface area contributed by atoms with E-state index in [2.05, 4.69) is 10.3 Å². The number of benzene rings is 1. The Balaban J connectivity index is 1.71. The third-order valence-electron chi connectivity index (χ3n) is 3.69. The molecule has 1 aromatic carbocycles. The van der Waals surface area contributed by atoms with Gasteiger partial charge in [-0.3, -0.25) is 9.59 Å². The van der Waals surface area contributed by atoms with Gasteiger partial charge in [0, 0.05) is 24.8 Å². The molecule has 0 bridgehead atoms. The van der Waals surface area contributed by atoms with Crippen LogP contribution < -0.4 is 5.32 Å². The van der Waals surface area contributed by atoms with Gasteiger partial charge in [-0.25, -0.2) is 9.37 Å². The standard InChI is InChI=1S/C18H21FN2O3S/c19-14-8-5-4-7-13(14)11-16-21-15(12-25-16)18(24)20-10-6-2-1-3-9-17(22)23/h4-5,7-8,12H,1-3,6,9-11H2,(H,20,24)(H,22,23). The van der Waals surface area contributed by atoms with Crippen LogP contribution in [0.5, 0.6) is 0 Å². The number of nitrogens with zero attached hydrogens (tertiary/aromatic N) is 1. The number of rotatable bonds is 10. The first kappa shape index (κ1) is 19.1. The highest BCUT2D eigenvalue weighted by Crippen LogP contribution is 2.17. The van der Waals surface area contributed by atoms with Crippen molar-refractivity contribution < 1.29 is 19.1 Å². The molecule has 0 aliphatic heterocycles. The normalized spacial score (nSPS) is 10.6. The molecule has 1 amide bonds. The van der Waals surface area contributed by atoms with E-state index in [9.17, 15) is 14.0 Å². The molecule has 2 rings (SSSR count). The number of carbonyl (C=O) groups excluding carboxylic acids is 1. The number of hydrogen-bond acceptors (Lipinski definition) is 4. The van der Waals surface area contributed by atoms with Gasteiger partial charge < -0.3 is 10.4 Å². The molecule has 0 fully saturated rings. The lowest BCUT2D eigenvalue weighted by molar-refractivity contribution is -0.137. The van der Waals surface area contributed by atoms with Crippen LogP contribution in [0.1, 0.15) is 53.2 Å². The second-order valence-corrected chi connectivity index (χ2v) is 6.65. The van der Waals surface area contributed by atoms with Crippen LogP contribution in [0, 0.1) is 5.82 Å². The van der Waals surface area contributed by atoms with Gasteiger partial charge in [0.2, 0.25) is 0 Å². The molecule has 2 aromatic rings. The number of unbranched alkanes of at least 4 members (excludes halogenated alkanes) is 3. The number of carbonyl (C=O) groups is 2. The molecule has 0 unspecified atom stereocenters. The van der Waals surface area contributed by atoms with Crippen LogP contribution in [0.3, 0.4) is 0 Å². The average molecular weight is 364 g/mol. The summed E-state index contributed by atoms with van der Waals surface area (Å²) in [4.78, 5) is 26.7. The van der Waals surface area contributed by atoms with Gasteiger partial charge in [0.15, 0.2) is 0 Å².